The average Bonchev–Trinajstić information content (AvgIpc) is 2.76. The van der Waals surface area contributed by atoms with Gasteiger partial charge in [-0.3, -0.25) is 0 Å². The molecule has 0 aliphatic carbocycles. The Morgan fingerprint density at radius 2 is 2.00 bits per heavy atom. The summed E-state index contributed by atoms with van der Waals surface area (Å²) in [7, 11) is 1.64. The summed E-state index contributed by atoms with van der Waals surface area (Å²) in [6, 6.07) is 5.49. The maximum atomic E-state index is 5.81. The van der Waals surface area contributed by atoms with Gasteiger partial charge in [0.05, 0.1) is 0 Å². The van der Waals surface area contributed by atoms with Gasteiger partial charge in [0.2, 0.25) is 5.82 Å². The first-order valence-corrected chi connectivity index (χ1v) is 7.03. The molecule has 1 aromatic carbocycles. The van der Waals surface area contributed by atoms with Crippen molar-refractivity contribution in [3.05, 3.63) is 28.5 Å². The lowest BCUT2D eigenvalue weighted by Gasteiger charge is -2.26. The Hall–Kier alpha value is -1.40. The highest BCUT2D eigenvalue weighted by Gasteiger charge is 2.30. The molecule has 108 valence electrons. The van der Waals surface area contributed by atoms with Gasteiger partial charge in [-0.15, -0.1) is 0 Å². The van der Waals surface area contributed by atoms with E-state index in [0.29, 0.717) is 17.4 Å². The molecule has 6 heteroatoms. The molecule has 1 aromatic heterocycles. The van der Waals surface area contributed by atoms with E-state index < -0.39 is 0 Å². The number of hydrogen-bond donors (Lipinski definition) is 1. The van der Waals surface area contributed by atoms with Crippen LogP contribution in [0.1, 0.15) is 32.7 Å². The Bertz CT molecular complexity index is 584. The topological polar surface area (TPSA) is 74.2 Å². The van der Waals surface area contributed by atoms with Crippen LogP contribution in [0.5, 0.6) is 0 Å². The molecule has 2 rings (SSSR count). The second kappa shape index (κ2) is 5.54. The second-order valence-corrected chi connectivity index (χ2v) is 6.63. The summed E-state index contributed by atoms with van der Waals surface area (Å²) in [6.07, 6.45) is -0.232. The Balaban J connectivity index is 2.37. The molecule has 0 aliphatic heterocycles. The van der Waals surface area contributed by atoms with Crippen LogP contribution in [0, 0.1) is 5.41 Å². The highest BCUT2D eigenvalue weighted by Crippen LogP contribution is 2.35. The van der Waals surface area contributed by atoms with Crippen LogP contribution in [-0.2, 0) is 4.74 Å². The Labute approximate surface area is 126 Å². The van der Waals surface area contributed by atoms with E-state index in [1.807, 2.05) is 12.1 Å². The normalized spacial score (nSPS) is 13.4. The molecule has 0 saturated heterocycles. The molecule has 0 saturated carbocycles. The summed E-state index contributed by atoms with van der Waals surface area (Å²) in [5.41, 5.74) is 7.11. The zero-order valence-corrected chi connectivity index (χ0v) is 13.6. The van der Waals surface area contributed by atoms with Gasteiger partial charge in [-0.25, -0.2) is 0 Å². The molecule has 1 atom stereocenters. The third-order valence-electron chi connectivity index (χ3n) is 2.87. The molecule has 0 radical (unpaired) electrons. The van der Waals surface area contributed by atoms with Gasteiger partial charge in [0, 0.05) is 22.8 Å². The second-order valence-electron chi connectivity index (χ2n) is 5.71. The average molecular weight is 340 g/mol. The summed E-state index contributed by atoms with van der Waals surface area (Å²) in [5.74, 6) is 0.966. The van der Waals surface area contributed by atoms with Crippen LogP contribution in [0.3, 0.4) is 0 Å². The fourth-order valence-corrected chi connectivity index (χ4v) is 2.55. The summed E-state index contributed by atoms with van der Waals surface area (Å²) in [6.45, 7) is 6.19. The maximum absolute atomic E-state index is 5.81. The van der Waals surface area contributed by atoms with E-state index in [2.05, 4.69) is 46.8 Å². The molecule has 5 nitrogen and oxygen atoms in total. The van der Waals surface area contributed by atoms with E-state index in [0.717, 1.165) is 10.0 Å². The predicted molar refractivity (Wildman–Crippen MR) is 81.1 cm³/mol. The lowest BCUT2D eigenvalue weighted by molar-refractivity contribution is 0.00718. The number of benzene rings is 1. The van der Waals surface area contributed by atoms with E-state index in [-0.39, 0.29) is 11.5 Å². The minimum atomic E-state index is -0.232. The maximum Gasteiger partial charge on any atom is 0.258 e. The molecule has 20 heavy (non-hydrogen) atoms. The van der Waals surface area contributed by atoms with Crippen molar-refractivity contribution in [1.29, 1.82) is 0 Å². The number of aromatic nitrogens is 2. The fraction of sp³-hybridized carbons (Fsp3) is 0.429. The molecule has 0 fully saturated rings. The van der Waals surface area contributed by atoms with Crippen molar-refractivity contribution in [3.8, 4) is 11.5 Å². The third-order valence-corrected chi connectivity index (χ3v) is 3.32. The molecule has 0 spiro atoms. The molecule has 2 N–H and O–H groups in total. The third kappa shape index (κ3) is 3.19. The SMILES string of the molecule is COC(c1noc(-c2cc(N)cc(Br)c2)n1)C(C)(C)C. The Morgan fingerprint density at radius 1 is 1.30 bits per heavy atom. The number of ether oxygens (including phenoxy) is 1. The van der Waals surface area contributed by atoms with Gasteiger partial charge < -0.3 is 15.0 Å². The zero-order valence-electron chi connectivity index (χ0n) is 12.0. The van der Waals surface area contributed by atoms with E-state index in [9.17, 15) is 0 Å². The number of anilines is 1. The zero-order chi connectivity index (χ0) is 14.9. The number of hydrogen-bond acceptors (Lipinski definition) is 5. The van der Waals surface area contributed by atoms with Crippen LogP contribution in [0.4, 0.5) is 5.69 Å². The van der Waals surface area contributed by atoms with Crippen LogP contribution in [0.2, 0.25) is 0 Å². The molecular formula is C14H18BrN3O2. The first kappa shape index (κ1) is 15.0. The summed E-state index contributed by atoms with van der Waals surface area (Å²) in [4.78, 5) is 4.42. The van der Waals surface area contributed by atoms with E-state index in [1.54, 1.807) is 13.2 Å². The number of nitrogen functional groups attached to an aromatic ring is 1. The highest BCUT2D eigenvalue weighted by molar-refractivity contribution is 9.10. The van der Waals surface area contributed by atoms with Crippen LogP contribution >= 0.6 is 15.9 Å². The number of nitrogens with zero attached hydrogens (tertiary/aromatic N) is 2. The Kier molecular flexibility index (Phi) is 4.15. The lowest BCUT2D eigenvalue weighted by atomic mass is 9.88. The monoisotopic (exact) mass is 339 g/mol. The minimum Gasteiger partial charge on any atom is -0.399 e. The molecule has 0 amide bonds. The number of halogens is 1. The van der Waals surface area contributed by atoms with Crippen LogP contribution in [-0.4, -0.2) is 17.3 Å². The van der Waals surface area contributed by atoms with Crippen LogP contribution < -0.4 is 5.73 Å². The van der Waals surface area contributed by atoms with E-state index in [1.165, 1.54) is 0 Å². The summed E-state index contributed by atoms with van der Waals surface area (Å²) < 4.78 is 11.7. The van der Waals surface area contributed by atoms with Crippen molar-refractivity contribution < 1.29 is 9.26 Å². The number of methoxy groups -OCH3 is 1. The quantitative estimate of drug-likeness (QED) is 0.860. The smallest absolute Gasteiger partial charge is 0.258 e. The van der Waals surface area contributed by atoms with Gasteiger partial charge in [-0.2, -0.15) is 4.98 Å². The van der Waals surface area contributed by atoms with E-state index in [4.69, 9.17) is 15.0 Å². The van der Waals surface area contributed by atoms with Gasteiger partial charge in [0.1, 0.15) is 6.10 Å². The summed E-state index contributed by atoms with van der Waals surface area (Å²) >= 11 is 3.40. The van der Waals surface area contributed by atoms with Crippen molar-refractivity contribution in [2.75, 3.05) is 12.8 Å². The van der Waals surface area contributed by atoms with Crippen molar-refractivity contribution >= 4 is 21.6 Å². The van der Waals surface area contributed by atoms with Gasteiger partial charge in [0.15, 0.2) is 0 Å². The lowest BCUT2D eigenvalue weighted by Crippen LogP contribution is -2.21. The molecular weight excluding hydrogens is 322 g/mol. The van der Waals surface area contributed by atoms with Gasteiger partial charge >= 0.3 is 0 Å². The molecule has 2 aromatic rings. The minimum absolute atomic E-state index is 0.119. The van der Waals surface area contributed by atoms with Crippen molar-refractivity contribution in [3.63, 3.8) is 0 Å². The standard InChI is InChI=1S/C14H18BrN3O2/c1-14(2,3)11(19-4)12-17-13(20-18-12)8-5-9(15)7-10(16)6-8/h5-7,11H,16H2,1-4H3. The van der Waals surface area contributed by atoms with E-state index >= 15 is 0 Å². The van der Waals surface area contributed by atoms with Crippen molar-refractivity contribution in [2.45, 2.75) is 26.9 Å². The highest BCUT2D eigenvalue weighted by atomic mass is 79.9. The van der Waals surface area contributed by atoms with Crippen molar-refractivity contribution in [2.24, 2.45) is 5.41 Å². The van der Waals surface area contributed by atoms with Crippen LogP contribution in [0.25, 0.3) is 11.5 Å². The molecule has 0 bridgehead atoms. The Morgan fingerprint density at radius 3 is 2.55 bits per heavy atom. The van der Waals surface area contributed by atoms with Crippen LogP contribution in [0.15, 0.2) is 27.2 Å². The first-order valence-electron chi connectivity index (χ1n) is 6.24. The van der Waals surface area contributed by atoms with Gasteiger partial charge in [-0.05, 0) is 23.6 Å². The summed E-state index contributed by atoms with van der Waals surface area (Å²) in [5, 5.41) is 4.02. The molecule has 1 unspecified atom stereocenters. The number of rotatable bonds is 3. The van der Waals surface area contributed by atoms with Crippen molar-refractivity contribution in [1.82, 2.24) is 10.1 Å². The molecule has 1 heterocycles. The predicted octanol–water partition coefficient (Wildman–Crippen LogP) is 3.81. The number of nitrogens with two attached hydrogens (primary N) is 1. The van der Waals surface area contributed by atoms with Gasteiger partial charge in [-0.1, -0.05) is 41.9 Å². The fourth-order valence-electron chi connectivity index (χ4n) is 2.04. The largest absolute Gasteiger partial charge is 0.399 e. The van der Waals surface area contributed by atoms with Gasteiger partial charge in [0.25, 0.3) is 5.89 Å². The molecule has 0 aliphatic rings. The first-order chi connectivity index (χ1) is 9.31.